The molecule has 37 heavy (non-hydrogen) atoms. The fraction of sp³-hybridized carbons (Fsp3) is 0.179. The van der Waals surface area contributed by atoms with Gasteiger partial charge >= 0.3 is 0 Å². The first-order valence-corrected chi connectivity index (χ1v) is 12.0. The number of aromatic nitrogens is 3. The highest BCUT2D eigenvalue weighted by molar-refractivity contribution is 5.99. The zero-order chi connectivity index (χ0) is 25.8. The third-order valence-corrected chi connectivity index (χ3v) is 6.30. The molecule has 5 rings (SSSR count). The molecule has 2 aromatic heterocycles. The van der Waals surface area contributed by atoms with Crippen LogP contribution in [0.2, 0.25) is 0 Å². The molecule has 2 N–H and O–H groups in total. The van der Waals surface area contributed by atoms with Gasteiger partial charge in [0.15, 0.2) is 0 Å². The summed E-state index contributed by atoms with van der Waals surface area (Å²) in [6.07, 6.45) is 4.72. The Bertz CT molecular complexity index is 1460. The van der Waals surface area contributed by atoms with Crippen molar-refractivity contribution in [3.05, 3.63) is 79.6 Å². The summed E-state index contributed by atoms with van der Waals surface area (Å²) in [5.41, 5.74) is 4.85. The van der Waals surface area contributed by atoms with E-state index in [1.165, 1.54) is 6.08 Å². The second-order valence-electron chi connectivity index (χ2n) is 8.73. The van der Waals surface area contributed by atoms with Gasteiger partial charge in [0.05, 0.1) is 5.69 Å². The highest BCUT2D eigenvalue weighted by atomic mass is 16.2. The fourth-order valence-electron chi connectivity index (χ4n) is 4.33. The van der Waals surface area contributed by atoms with E-state index in [0.717, 1.165) is 48.5 Å². The highest BCUT2D eigenvalue weighted by Gasteiger charge is 2.18. The van der Waals surface area contributed by atoms with E-state index in [2.05, 4.69) is 44.2 Å². The first kappa shape index (κ1) is 23.9. The van der Waals surface area contributed by atoms with Crippen molar-refractivity contribution in [1.82, 2.24) is 19.9 Å². The Morgan fingerprint density at radius 3 is 2.49 bits per heavy atom. The molecule has 4 aromatic rings. The molecule has 9 nitrogen and oxygen atoms in total. The van der Waals surface area contributed by atoms with Crippen molar-refractivity contribution in [3.63, 3.8) is 0 Å². The number of anilines is 4. The van der Waals surface area contributed by atoms with Gasteiger partial charge in [0, 0.05) is 73.5 Å². The van der Waals surface area contributed by atoms with Crippen LogP contribution in [0.3, 0.4) is 0 Å². The van der Waals surface area contributed by atoms with Crippen molar-refractivity contribution in [2.75, 3.05) is 41.7 Å². The molecule has 0 spiro atoms. The topological polar surface area (TPSA) is 103 Å². The number of fused-ring (bicyclic) bond motifs is 1. The van der Waals surface area contributed by atoms with Crippen LogP contribution in [0.4, 0.5) is 23.0 Å². The van der Waals surface area contributed by atoms with Gasteiger partial charge < -0.3 is 20.4 Å². The molecule has 186 valence electrons. The molecule has 0 saturated carbocycles. The second kappa shape index (κ2) is 10.4. The molecule has 1 saturated heterocycles. The SMILES string of the molecule is C=CC(=O)Nc1cccc(-c2nccc3cnc(Nc4ccc(N5CCN(C(C)=O)CC5)cc4)nc23)c1. The first-order chi connectivity index (χ1) is 18.0. The number of pyridine rings is 1. The minimum Gasteiger partial charge on any atom is -0.368 e. The largest absolute Gasteiger partial charge is 0.368 e. The van der Waals surface area contributed by atoms with Crippen molar-refractivity contribution in [3.8, 4) is 11.3 Å². The second-order valence-corrected chi connectivity index (χ2v) is 8.73. The molecular weight excluding hydrogens is 466 g/mol. The Kier molecular flexibility index (Phi) is 6.76. The van der Waals surface area contributed by atoms with E-state index in [1.807, 2.05) is 47.4 Å². The average Bonchev–Trinajstić information content (AvgIpc) is 2.93. The summed E-state index contributed by atoms with van der Waals surface area (Å²) in [5.74, 6) is 0.307. The molecule has 0 bridgehead atoms. The minimum atomic E-state index is -0.277. The van der Waals surface area contributed by atoms with Gasteiger partial charge in [-0.1, -0.05) is 18.7 Å². The number of benzene rings is 2. The maximum absolute atomic E-state index is 11.7. The van der Waals surface area contributed by atoms with Gasteiger partial charge in [-0.05, 0) is 48.5 Å². The molecule has 0 unspecified atom stereocenters. The molecule has 2 aromatic carbocycles. The van der Waals surface area contributed by atoms with Crippen LogP contribution in [0.5, 0.6) is 0 Å². The van der Waals surface area contributed by atoms with Crippen LogP contribution in [-0.2, 0) is 9.59 Å². The van der Waals surface area contributed by atoms with E-state index >= 15 is 0 Å². The average molecular weight is 494 g/mol. The smallest absolute Gasteiger partial charge is 0.247 e. The van der Waals surface area contributed by atoms with Gasteiger partial charge in [0.2, 0.25) is 17.8 Å². The van der Waals surface area contributed by atoms with Gasteiger partial charge in [-0.15, -0.1) is 0 Å². The fourth-order valence-corrected chi connectivity index (χ4v) is 4.33. The summed E-state index contributed by atoms with van der Waals surface area (Å²) in [4.78, 5) is 41.2. The van der Waals surface area contributed by atoms with E-state index in [0.29, 0.717) is 22.8 Å². The van der Waals surface area contributed by atoms with Gasteiger partial charge in [-0.2, -0.15) is 0 Å². The molecule has 1 fully saturated rings. The van der Waals surface area contributed by atoms with Crippen molar-refractivity contribution < 1.29 is 9.59 Å². The summed E-state index contributed by atoms with van der Waals surface area (Å²) in [7, 11) is 0. The zero-order valence-corrected chi connectivity index (χ0v) is 20.5. The number of amides is 2. The number of rotatable bonds is 6. The minimum absolute atomic E-state index is 0.125. The predicted octanol–water partition coefficient (Wildman–Crippen LogP) is 4.23. The van der Waals surface area contributed by atoms with Crippen LogP contribution in [0.1, 0.15) is 6.92 Å². The van der Waals surface area contributed by atoms with Gasteiger partial charge in [0.1, 0.15) is 5.52 Å². The van der Waals surface area contributed by atoms with Crippen LogP contribution in [0.25, 0.3) is 22.2 Å². The lowest BCUT2D eigenvalue weighted by molar-refractivity contribution is -0.129. The van der Waals surface area contributed by atoms with E-state index < -0.39 is 0 Å². The quantitative estimate of drug-likeness (QED) is 0.388. The maximum atomic E-state index is 11.7. The first-order valence-electron chi connectivity index (χ1n) is 12.0. The molecular formula is C28H27N7O2. The van der Waals surface area contributed by atoms with Gasteiger partial charge in [-0.3, -0.25) is 14.6 Å². The summed E-state index contributed by atoms with van der Waals surface area (Å²) in [6, 6.07) is 17.4. The summed E-state index contributed by atoms with van der Waals surface area (Å²) < 4.78 is 0. The van der Waals surface area contributed by atoms with Crippen molar-refractivity contribution in [2.45, 2.75) is 6.92 Å². The molecule has 1 aliphatic rings. The van der Waals surface area contributed by atoms with Crippen LogP contribution in [0, 0.1) is 0 Å². The third-order valence-electron chi connectivity index (χ3n) is 6.30. The number of hydrogen-bond acceptors (Lipinski definition) is 7. The molecule has 2 amide bonds. The lowest BCUT2D eigenvalue weighted by Crippen LogP contribution is -2.48. The van der Waals surface area contributed by atoms with Gasteiger partial charge in [0.25, 0.3) is 0 Å². The number of piperazine rings is 1. The Morgan fingerprint density at radius 2 is 1.76 bits per heavy atom. The van der Waals surface area contributed by atoms with Crippen molar-refractivity contribution >= 4 is 45.7 Å². The third kappa shape index (κ3) is 5.40. The normalized spacial score (nSPS) is 13.3. The highest BCUT2D eigenvalue weighted by Crippen LogP contribution is 2.28. The summed E-state index contributed by atoms with van der Waals surface area (Å²) >= 11 is 0. The number of hydrogen-bond donors (Lipinski definition) is 2. The lowest BCUT2D eigenvalue weighted by Gasteiger charge is -2.35. The van der Waals surface area contributed by atoms with Crippen LogP contribution in [-0.4, -0.2) is 57.8 Å². The van der Waals surface area contributed by atoms with E-state index in [4.69, 9.17) is 4.98 Å². The Balaban J connectivity index is 1.35. The Morgan fingerprint density at radius 1 is 0.973 bits per heavy atom. The standard InChI is InChI=1S/C28H27N7O2/c1-3-25(37)31-23-6-4-5-20(17-23)26-27-21(11-12-29-26)18-30-28(33-27)32-22-7-9-24(10-8-22)35-15-13-34(14-16-35)19(2)36/h3-12,17-18H,1,13-16H2,2H3,(H,31,37)(H,30,32,33). The molecule has 3 heterocycles. The maximum Gasteiger partial charge on any atom is 0.247 e. The molecule has 0 radical (unpaired) electrons. The Labute approximate surface area is 214 Å². The van der Waals surface area contributed by atoms with Crippen LogP contribution < -0.4 is 15.5 Å². The lowest BCUT2D eigenvalue weighted by atomic mass is 10.1. The van der Waals surface area contributed by atoms with Crippen molar-refractivity contribution in [2.24, 2.45) is 0 Å². The molecule has 9 heteroatoms. The number of nitrogens with one attached hydrogen (secondary N) is 2. The van der Waals surface area contributed by atoms with E-state index in [1.54, 1.807) is 19.3 Å². The number of carbonyl (C=O) groups excluding carboxylic acids is 2. The van der Waals surface area contributed by atoms with Crippen molar-refractivity contribution in [1.29, 1.82) is 0 Å². The number of nitrogens with zero attached hydrogens (tertiary/aromatic N) is 5. The van der Waals surface area contributed by atoms with Gasteiger partial charge in [-0.25, -0.2) is 9.97 Å². The van der Waals surface area contributed by atoms with E-state index in [-0.39, 0.29) is 11.8 Å². The summed E-state index contributed by atoms with van der Waals surface area (Å²) in [6.45, 7) is 8.21. The molecule has 0 atom stereocenters. The number of carbonyl (C=O) groups is 2. The molecule has 1 aliphatic heterocycles. The Hall–Kier alpha value is -4.79. The summed E-state index contributed by atoms with van der Waals surface area (Å²) in [5, 5.41) is 6.92. The molecule has 0 aliphatic carbocycles. The van der Waals surface area contributed by atoms with Crippen LogP contribution >= 0.6 is 0 Å². The van der Waals surface area contributed by atoms with E-state index in [9.17, 15) is 9.59 Å². The predicted molar refractivity (Wildman–Crippen MR) is 146 cm³/mol. The zero-order valence-electron chi connectivity index (χ0n) is 20.5. The van der Waals surface area contributed by atoms with Crippen LogP contribution in [0.15, 0.2) is 79.6 Å². The monoisotopic (exact) mass is 493 g/mol.